The van der Waals surface area contributed by atoms with Crippen LogP contribution in [0.25, 0.3) is 0 Å². The second-order valence-corrected chi connectivity index (χ2v) is 8.03. The van der Waals surface area contributed by atoms with Crippen molar-refractivity contribution in [2.45, 2.75) is 56.6 Å². The second-order valence-electron chi connectivity index (χ2n) is 6.09. The van der Waals surface area contributed by atoms with E-state index in [0.717, 1.165) is 12.8 Å². The highest BCUT2D eigenvalue weighted by atomic mass is 32.2. The molecule has 24 heavy (non-hydrogen) atoms. The molecule has 2 rings (SSSR count). The van der Waals surface area contributed by atoms with Crippen molar-refractivity contribution in [2.75, 3.05) is 13.1 Å². The summed E-state index contributed by atoms with van der Waals surface area (Å²) in [6.07, 6.45) is 2.67. The summed E-state index contributed by atoms with van der Waals surface area (Å²) in [5.74, 6) is -0.205. The van der Waals surface area contributed by atoms with Crippen molar-refractivity contribution in [3.8, 4) is 0 Å². The maximum Gasteiger partial charge on any atom is 0.251 e. The molecule has 1 aromatic carbocycles. The van der Waals surface area contributed by atoms with Gasteiger partial charge in [-0.1, -0.05) is 13.8 Å². The monoisotopic (exact) mass is 354 g/mol. The average Bonchev–Trinajstić information content (AvgIpc) is 2.58. The van der Waals surface area contributed by atoms with E-state index in [2.05, 4.69) is 5.32 Å². The fourth-order valence-corrected chi connectivity index (χ4v) is 4.44. The van der Waals surface area contributed by atoms with Gasteiger partial charge < -0.3 is 10.4 Å². The van der Waals surface area contributed by atoms with Crippen LogP contribution in [0.5, 0.6) is 0 Å². The minimum atomic E-state index is -3.50. The first kappa shape index (κ1) is 18.9. The van der Waals surface area contributed by atoms with Gasteiger partial charge in [-0.25, -0.2) is 8.42 Å². The molecule has 0 spiro atoms. The zero-order valence-electron chi connectivity index (χ0n) is 14.2. The Kier molecular flexibility index (Phi) is 6.37. The van der Waals surface area contributed by atoms with Crippen molar-refractivity contribution in [2.24, 2.45) is 0 Å². The Bertz CT molecular complexity index is 646. The average molecular weight is 354 g/mol. The summed E-state index contributed by atoms with van der Waals surface area (Å²) in [5.41, 5.74) is 0.444. The van der Waals surface area contributed by atoms with Crippen molar-refractivity contribution in [3.05, 3.63) is 29.8 Å². The number of hydrogen-bond donors (Lipinski definition) is 2. The number of rotatable bonds is 6. The van der Waals surface area contributed by atoms with Gasteiger partial charge in [-0.3, -0.25) is 4.79 Å². The Morgan fingerprint density at radius 1 is 1.12 bits per heavy atom. The molecule has 0 aromatic heterocycles. The lowest BCUT2D eigenvalue weighted by Gasteiger charge is -2.26. The van der Waals surface area contributed by atoms with Gasteiger partial charge in [0.2, 0.25) is 10.0 Å². The Morgan fingerprint density at radius 3 is 2.17 bits per heavy atom. The molecule has 7 heteroatoms. The highest BCUT2D eigenvalue weighted by molar-refractivity contribution is 7.89. The number of nitrogens with one attached hydrogen (secondary N) is 1. The summed E-state index contributed by atoms with van der Waals surface area (Å²) in [6, 6.07) is 6.12. The minimum absolute atomic E-state index is 0.0694. The van der Waals surface area contributed by atoms with Gasteiger partial charge in [0.15, 0.2) is 0 Å². The number of benzene rings is 1. The zero-order valence-corrected chi connectivity index (χ0v) is 15.1. The minimum Gasteiger partial charge on any atom is -0.393 e. The fraction of sp³-hybridized carbons (Fsp3) is 0.588. The van der Waals surface area contributed by atoms with Crippen LogP contribution in [0.1, 0.15) is 49.9 Å². The molecular formula is C17H26N2O4S. The van der Waals surface area contributed by atoms with Crippen LogP contribution >= 0.6 is 0 Å². The molecule has 1 aromatic rings. The SMILES string of the molecule is CCN(CC)S(=O)(=O)c1ccc(C(=O)NC2CCC(O)CC2)cc1. The van der Waals surface area contributed by atoms with E-state index in [-0.39, 0.29) is 22.9 Å². The first-order chi connectivity index (χ1) is 11.4. The largest absolute Gasteiger partial charge is 0.393 e. The smallest absolute Gasteiger partial charge is 0.251 e. The summed E-state index contributed by atoms with van der Waals surface area (Å²) in [6.45, 7) is 4.41. The van der Waals surface area contributed by atoms with Crippen molar-refractivity contribution >= 4 is 15.9 Å². The summed E-state index contributed by atoms with van der Waals surface area (Å²) in [5, 5.41) is 12.4. The van der Waals surface area contributed by atoms with E-state index in [9.17, 15) is 18.3 Å². The maximum atomic E-state index is 12.4. The van der Waals surface area contributed by atoms with E-state index in [4.69, 9.17) is 0 Å². The normalized spacial score (nSPS) is 21.7. The lowest BCUT2D eigenvalue weighted by Crippen LogP contribution is -2.38. The van der Waals surface area contributed by atoms with Gasteiger partial charge in [0.25, 0.3) is 5.91 Å². The Labute approximate surface area is 143 Å². The molecule has 1 saturated carbocycles. The fourth-order valence-electron chi connectivity index (χ4n) is 2.98. The lowest BCUT2D eigenvalue weighted by molar-refractivity contribution is 0.0867. The van der Waals surface area contributed by atoms with E-state index in [0.29, 0.717) is 31.5 Å². The number of carbonyl (C=O) groups excluding carboxylic acids is 1. The molecule has 0 aliphatic heterocycles. The number of amides is 1. The van der Waals surface area contributed by atoms with Gasteiger partial charge in [-0.05, 0) is 49.9 Å². The molecule has 1 fully saturated rings. The third-order valence-electron chi connectivity index (χ3n) is 4.49. The van der Waals surface area contributed by atoms with Crippen LogP contribution in [0.15, 0.2) is 29.2 Å². The molecular weight excluding hydrogens is 328 g/mol. The lowest BCUT2D eigenvalue weighted by atomic mass is 9.93. The van der Waals surface area contributed by atoms with Crippen LogP contribution < -0.4 is 5.32 Å². The van der Waals surface area contributed by atoms with Crippen LogP contribution in [0.3, 0.4) is 0 Å². The van der Waals surface area contributed by atoms with Gasteiger partial charge in [0, 0.05) is 24.7 Å². The number of aliphatic hydroxyl groups excluding tert-OH is 1. The third kappa shape index (κ3) is 4.34. The molecule has 1 aliphatic rings. The molecule has 1 amide bonds. The predicted molar refractivity (Wildman–Crippen MR) is 92.3 cm³/mol. The zero-order chi connectivity index (χ0) is 17.7. The van der Waals surface area contributed by atoms with Crippen molar-refractivity contribution in [1.82, 2.24) is 9.62 Å². The number of nitrogens with zero attached hydrogens (tertiary/aromatic N) is 1. The first-order valence-corrected chi connectivity index (χ1v) is 9.91. The summed E-state index contributed by atoms with van der Waals surface area (Å²) in [4.78, 5) is 12.5. The number of carbonyl (C=O) groups is 1. The van der Waals surface area contributed by atoms with Crippen LogP contribution in [0.2, 0.25) is 0 Å². The van der Waals surface area contributed by atoms with Crippen molar-refractivity contribution < 1.29 is 18.3 Å². The Balaban J connectivity index is 2.05. The molecule has 1 aliphatic carbocycles. The molecule has 6 nitrogen and oxygen atoms in total. The maximum absolute atomic E-state index is 12.4. The van der Waals surface area contributed by atoms with Gasteiger partial charge in [0.05, 0.1) is 11.0 Å². The van der Waals surface area contributed by atoms with E-state index in [1.54, 1.807) is 26.0 Å². The molecule has 134 valence electrons. The summed E-state index contributed by atoms with van der Waals surface area (Å²) < 4.78 is 26.2. The van der Waals surface area contributed by atoms with E-state index in [1.165, 1.54) is 16.4 Å². The topological polar surface area (TPSA) is 86.7 Å². The molecule has 2 N–H and O–H groups in total. The van der Waals surface area contributed by atoms with Gasteiger partial charge in [-0.15, -0.1) is 0 Å². The predicted octanol–water partition coefficient (Wildman–Crippen LogP) is 1.75. The van der Waals surface area contributed by atoms with Crippen LogP contribution in [0, 0.1) is 0 Å². The van der Waals surface area contributed by atoms with Gasteiger partial charge in [-0.2, -0.15) is 4.31 Å². The van der Waals surface area contributed by atoms with Crippen LogP contribution in [-0.2, 0) is 10.0 Å². The second kappa shape index (κ2) is 8.09. The number of hydrogen-bond acceptors (Lipinski definition) is 4. The third-order valence-corrected chi connectivity index (χ3v) is 6.56. The Hall–Kier alpha value is -1.44. The molecule has 0 radical (unpaired) electrons. The quantitative estimate of drug-likeness (QED) is 0.815. The van der Waals surface area contributed by atoms with E-state index >= 15 is 0 Å². The van der Waals surface area contributed by atoms with Crippen LogP contribution in [-0.4, -0.2) is 49.0 Å². The highest BCUT2D eigenvalue weighted by Gasteiger charge is 2.23. The molecule has 0 bridgehead atoms. The van der Waals surface area contributed by atoms with E-state index < -0.39 is 10.0 Å². The molecule has 0 saturated heterocycles. The van der Waals surface area contributed by atoms with Gasteiger partial charge >= 0.3 is 0 Å². The summed E-state index contributed by atoms with van der Waals surface area (Å²) in [7, 11) is -3.50. The van der Waals surface area contributed by atoms with Crippen molar-refractivity contribution in [3.63, 3.8) is 0 Å². The molecule has 0 heterocycles. The number of sulfonamides is 1. The van der Waals surface area contributed by atoms with Crippen LogP contribution in [0.4, 0.5) is 0 Å². The van der Waals surface area contributed by atoms with Gasteiger partial charge in [0.1, 0.15) is 0 Å². The van der Waals surface area contributed by atoms with E-state index in [1.807, 2.05) is 0 Å². The first-order valence-electron chi connectivity index (χ1n) is 8.47. The summed E-state index contributed by atoms with van der Waals surface area (Å²) >= 11 is 0. The highest BCUT2D eigenvalue weighted by Crippen LogP contribution is 2.20. The molecule has 0 atom stereocenters. The van der Waals surface area contributed by atoms with Crippen molar-refractivity contribution in [1.29, 1.82) is 0 Å². The molecule has 0 unspecified atom stereocenters. The Morgan fingerprint density at radius 2 is 1.67 bits per heavy atom. The number of aliphatic hydroxyl groups is 1. The standard InChI is InChI=1S/C17H26N2O4S/c1-3-19(4-2)24(22,23)16-11-5-13(6-12-16)17(21)18-14-7-9-15(20)10-8-14/h5-6,11-12,14-15,20H,3-4,7-10H2,1-2H3,(H,18,21).